The third kappa shape index (κ3) is 3.66. The van der Waals surface area contributed by atoms with E-state index in [1.165, 1.54) is 19.8 Å². The number of hydrogen-bond donors (Lipinski definition) is 2. The summed E-state index contributed by atoms with van der Waals surface area (Å²) in [5.74, 6) is 0.539. The molecule has 0 saturated heterocycles. The Hall–Kier alpha value is -1.22. The first-order valence-electron chi connectivity index (χ1n) is 7.10. The Labute approximate surface area is 126 Å². The molecule has 0 aliphatic heterocycles. The lowest BCUT2D eigenvalue weighted by Gasteiger charge is -2.20. The number of amides is 1. The number of nitrogens with one attached hydrogen (secondary N) is 2. The minimum absolute atomic E-state index is 0.112. The maximum atomic E-state index is 11.1. The Kier molecular flexibility index (Phi) is 4.28. The van der Waals surface area contributed by atoms with Gasteiger partial charge in [0, 0.05) is 18.7 Å². The summed E-state index contributed by atoms with van der Waals surface area (Å²) in [6.07, 6.45) is 2.40. The predicted octanol–water partition coefficient (Wildman–Crippen LogP) is 4.54. The fourth-order valence-electron chi connectivity index (χ4n) is 3.20. The van der Waals surface area contributed by atoms with Crippen LogP contribution >= 0.6 is 11.6 Å². The van der Waals surface area contributed by atoms with Gasteiger partial charge in [-0.2, -0.15) is 0 Å². The third-order valence-electron chi connectivity index (χ3n) is 3.97. The number of benzene rings is 1. The summed E-state index contributed by atoms with van der Waals surface area (Å²) in [6, 6.07) is 6.17. The SMILES string of the molecule is CC(=O)Nc1ccc(NC2CC(C)(C)CC2C)cc1Cl. The van der Waals surface area contributed by atoms with Crippen molar-refractivity contribution in [2.24, 2.45) is 11.3 Å². The molecule has 3 nitrogen and oxygen atoms in total. The summed E-state index contributed by atoms with van der Waals surface area (Å²) >= 11 is 6.20. The minimum Gasteiger partial charge on any atom is -0.382 e. The molecule has 1 aromatic carbocycles. The summed E-state index contributed by atoms with van der Waals surface area (Å²) in [7, 11) is 0. The van der Waals surface area contributed by atoms with Crippen LogP contribution in [0, 0.1) is 11.3 Å². The first kappa shape index (κ1) is 15.2. The molecular formula is C16H23ClN2O. The van der Waals surface area contributed by atoms with Gasteiger partial charge in [-0.15, -0.1) is 0 Å². The monoisotopic (exact) mass is 294 g/mol. The van der Waals surface area contributed by atoms with Crippen LogP contribution < -0.4 is 10.6 Å². The molecule has 20 heavy (non-hydrogen) atoms. The van der Waals surface area contributed by atoms with Crippen LogP contribution in [-0.4, -0.2) is 11.9 Å². The fraction of sp³-hybridized carbons (Fsp3) is 0.562. The standard InChI is InChI=1S/C16H23ClN2O/c1-10-8-16(3,4)9-15(10)19-12-5-6-14(13(17)7-12)18-11(2)20/h5-7,10,15,19H,8-9H2,1-4H3,(H,18,20). The van der Waals surface area contributed by atoms with E-state index in [1.807, 2.05) is 18.2 Å². The van der Waals surface area contributed by atoms with Crippen molar-refractivity contribution >= 4 is 28.9 Å². The second-order valence-corrected chi connectivity index (χ2v) is 7.08. The average molecular weight is 295 g/mol. The van der Waals surface area contributed by atoms with Crippen LogP contribution in [0.2, 0.25) is 5.02 Å². The average Bonchev–Trinajstić information content (AvgIpc) is 2.55. The molecule has 1 amide bonds. The Bertz CT molecular complexity index is 513. The lowest BCUT2D eigenvalue weighted by molar-refractivity contribution is -0.114. The van der Waals surface area contributed by atoms with Gasteiger partial charge in [-0.05, 0) is 42.4 Å². The van der Waals surface area contributed by atoms with E-state index in [2.05, 4.69) is 31.4 Å². The third-order valence-corrected chi connectivity index (χ3v) is 4.28. The van der Waals surface area contributed by atoms with E-state index in [0.29, 0.717) is 28.1 Å². The van der Waals surface area contributed by atoms with Gasteiger partial charge in [0.05, 0.1) is 10.7 Å². The van der Waals surface area contributed by atoms with Crippen LogP contribution in [0.1, 0.15) is 40.5 Å². The molecule has 0 spiro atoms. The Morgan fingerprint density at radius 2 is 2.05 bits per heavy atom. The van der Waals surface area contributed by atoms with Crippen molar-refractivity contribution < 1.29 is 4.79 Å². The Morgan fingerprint density at radius 1 is 1.35 bits per heavy atom. The molecule has 1 saturated carbocycles. The van der Waals surface area contributed by atoms with Crippen LogP contribution in [0.15, 0.2) is 18.2 Å². The van der Waals surface area contributed by atoms with E-state index in [9.17, 15) is 4.79 Å². The van der Waals surface area contributed by atoms with E-state index in [4.69, 9.17) is 11.6 Å². The van der Waals surface area contributed by atoms with Crippen molar-refractivity contribution in [3.8, 4) is 0 Å². The summed E-state index contributed by atoms with van der Waals surface area (Å²) < 4.78 is 0. The van der Waals surface area contributed by atoms with Gasteiger partial charge in [0.1, 0.15) is 0 Å². The van der Waals surface area contributed by atoms with Crippen molar-refractivity contribution in [1.29, 1.82) is 0 Å². The number of halogens is 1. The van der Waals surface area contributed by atoms with Gasteiger partial charge < -0.3 is 10.6 Å². The van der Waals surface area contributed by atoms with Crippen molar-refractivity contribution in [1.82, 2.24) is 0 Å². The quantitative estimate of drug-likeness (QED) is 0.859. The molecule has 1 aliphatic rings. The highest BCUT2D eigenvalue weighted by Crippen LogP contribution is 2.42. The molecule has 0 radical (unpaired) electrons. The normalized spacial score (nSPS) is 24.4. The van der Waals surface area contributed by atoms with Gasteiger partial charge in [0.2, 0.25) is 5.91 Å². The Morgan fingerprint density at radius 3 is 2.55 bits per heavy atom. The van der Waals surface area contributed by atoms with Crippen LogP contribution in [0.25, 0.3) is 0 Å². The maximum absolute atomic E-state index is 11.1. The first-order chi connectivity index (χ1) is 9.27. The van der Waals surface area contributed by atoms with Crippen molar-refractivity contribution in [3.63, 3.8) is 0 Å². The summed E-state index contributed by atoms with van der Waals surface area (Å²) in [5.41, 5.74) is 2.07. The lowest BCUT2D eigenvalue weighted by Crippen LogP contribution is -2.22. The lowest BCUT2D eigenvalue weighted by atomic mass is 9.91. The van der Waals surface area contributed by atoms with Crippen LogP contribution in [0.5, 0.6) is 0 Å². The molecule has 0 bridgehead atoms. The second-order valence-electron chi connectivity index (χ2n) is 6.68. The molecule has 4 heteroatoms. The van der Waals surface area contributed by atoms with Gasteiger partial charge in [-0.3, -0.25) is 4.79 Å². The van der Waals surface area contributed by atoms with E-state index in [0.717, 1.165) is 5.69 Å². The van der Waals surface area contributed by atoms with Crippen molar-refractivity contribution in [2.45, 2.75) is 46.6 Å². The van der Waals surface area contributed by atoms with Crippen LogP contribution in [-0.2, 0) is 4.79 Å². The highest BCUT2D eigenvalue weighted by Gasteiger charge is 2.36. The highest BCUT2D eigenvalue weighted by atomic mass is 35.5. The molecule has 2 unspecified atom stereocenters. The summed E-state index contributed by atoms with van der Waals surface area (Å²) in [6.45, 7) is 8.40. The van der Waals surface area contributed by atoms with E-state index < -0.39 is 0 Å². The van der Waals surface area contributed by atoms with Gasteiger partial charge in [0.25, 0.3) is 0 Å². The zero-order chi connectivity index (χ0) is 14.9. The van der Waals surface area contributed by atoms with E-state index in [1.54, 1.807) is 0 Å². The molecule has 0 heterocycles. The Balaban J connectivity index is 2.07. The molecule has 110 valence electrons. The maximum Gasteiger partial charge on any atom is 0.221 e. The molecule has 0 aromatic heterocycles. The highest BCUT2D eigenvalue weighted by molar-refractivity contribution is 6.34. The van der Waals surface area contributed by atoms with E-state index >= 15 is 0 Å². The van der Waals surface area contributed by atoms with Gasteiger partial charge in [-0.1, -0.05) is 32.4 Å². The van der Waals surface area contributed by atoms with Crippen molar-refractivity contribution in [3.05, 3.63) is 23.2 Å². The zero-order valence-electron chi connectivity index (χ0n) is 12.6. The minimum atomic E-state index is -0.112. The zero-order valence-corrected chi connectivity index (χ0v) is 13.3. The first-order valence-corrected chi connectivity index (χ1v) is 7.48. The second kappa shape index (κ2) is 5.65. The molecule has 1 aliphatic carbocycles. The molecule has 1 aromatic rings. The number of anilines is 2. The van der Waals surface area contributed by atoms with Crippen LogP contribution in [0.4, 0.5) is 11.4 Å². The number of carbonyl (C=O) groups is 1. The smallest absolute Gasteiger partial charge is 0.221 e. The van der Waals surface area contributed by atoms with Gasteiger partial charge >= 0.3 is 0 Å². The van der Waals surface area contributed by atoms with Crippen molar-refractivity contribution in [2.75, 3.05) is 10.6 Å². The fourth-order valence-corrected chi connectivity index (χ4v) is 3.42. The largest absolute Gasteiger partial charge is 0.382 e. The predicted molar refractivity (Wildman–Crippen MR) is 85.3 cm³/mol. The summed E-state index contributed by atoms with van der Waals surface area (Å²) in [5, 5.41) is 6.85. The van der Waals surface area contributed by atoms with E-state index in [-0.39, 0.29) is 5.91 Å². The van der Waals surface area contributed by atoms with Gasteiger partial charge in [-0.25, -0.2) is 0 Å². The van der Waals surface area contributed by atoms with Crippen LogP contribution in [0.3, 0.4) is 0 Å². The number of hydrogen-bond acceptors (Lipinski definition) is 2. The van der Waals surface area contributed by atoms with Gasteiger partial charge in [0.15, 0.2) is 0 Å². The molecule has 1 fully saturated rings. The number of rotatable bonds is 3. The topological polar surface area (TPSA) is 41.1 Å². The molecule has 2 rings (SSSR count). The molecule has 2 atom stereocenters. The number of carbonyl (C=O) groups excluding carboxylic acids is 1. The summed E-state index contributed by atoms with van der Waals surface area (Å²) in [4.78, 5) is 11.1. The molecular weight excluding hydrogens is 272 g/mol. The molecule has 2 N–H and O–H groups in total.